The van der Waals surface area contributed by atoms with Crippen LogP contribution in [0.15, 0.2) is 16.7 Å². The molecule has 0 amide bonds. The van der Waals surface area contributed by atoms with E-state index < -0.39 is 11.9 Å². The average molecular weight is 326 g/mol. The maximum Gasteiger partial charge on any atom is 0.307 e. The number of rotatable bonds is 3. The lowest BCUT2D eigenvalue weighted by Gasteiger charge is -2.25. The number of aliphatic carboxylic acids is 1. The average Bonchev–Trinajstić information content (AvgIpc) is 2.97. The highest BCUT2D eigenvalue weighted by Gasteiger charge is 2.35. The highest BCUT2D eigenvalue weighted by atomic mass is 32.2. The second-order valence-corrected chi connectivity index (χ2v) is 8.09. The molecule has 0 saturated carbocycles. The van der Waals surface area contributed by atoms with E-state index in [0.29, 0.717) is 29.8 Å². The van der Waals surface area contributed by atoms with Crippen LogP contribution in [0.5, 0.6) is 0 Å². The van der Waals surface area contributed by atoms with E-state index in [-0.39, 0.29) is 11.2 Å². The normalized spacial score (nSPS) is 33.0. The highest BCUT2D eigenvalue weighted by Crippen LogP contribution is 2.42. The Labute approximate surface area is 131 Å². The predicted octanol–water partition coefficient (Wildman–Crippen LogP) is 3.11. The van der Waals surface area contributed by atoms with Crippen LogP contribution < -0.4 is 0 Å². The van der Waals surface area contributed by atoms with Crippen molar-refractivity contribution in [2.75, 3.05) is 11.5 Å². The Morgan fingerprint density at radius 3 is 2.86 bits per heavy atom. The van der Waals surface area contributed by atoms with Gasteiger partial charge in [-0.15, -0.1) is 11.8 Å². The predicted molar refractivity (Wildman–Crippen MR) is 83.7 cm³/mol. The lowest BCUT2D eigenvalue weighted by Crippen LogP contribution is -2.24. The van der Waals surface area contributed by atoms with E-state index in [1.54, 1.807) is 0 Å². The number of nitrogens with zero attached hydrogens (tertiary/aromatic N) is 2. The number of allylic oxidation sites excluding steroid dienone is 2. The third-order valence-electron chi connectivity index (χ3n) is 3.97. The molecule has 2 heterocycles. The van der Waals surface area contributed by atoms with Crippen molar-refractivity contribution in [2.45, 2.75) is 36.2 Å². The van der Waals surface area contributed by atoms with Gasteiger partial charge in [-0.3, -0.25) is 4.79 Å². The number of carboxylic acid groups (broad SMARTS) is 1. The number of carboxylic acids is 1. The highest BCUT2D eigenvalue weighted by molar-refractivity contribution is 8.06. The minimum absolute atomic E-state index is 0.203. The molecule has 1 aromatic rings. The van der Waals surface area contributed by atoms with E-state index in [9.17, 15) is 9.90 Å². The number of aromatic nitrogens is 2. The summed E-state index contributed by atoms with van der Waals surface area (Å²) >= 11 is 3.78. The fraction of sp³-hybridized carbons (Fsp3) is 0.643. The first-order valence-corrected chi connectivity index (χ1v) is 9.21. The van der Waals surface area contributed by atoms with Gasteiger partial charge in [-0.25, -0.2) is 0 Å². The van der Waals surface area contributed by atoms with Crippen LogP contribution in [0.3, 0.4) is 0 Å². The lowest BCUT2D eigenvalue weighted by atomic mass is 9.83. The summed E-state index contributed by atoms with van der Waals surface area (Å²) in [5.74, 6) is 1.98. The fourth-order valence-electron chi connectivity index (χ4n) is 2.79. The van der Waals surface area contributed by atoms with Crippen LogP contribution in [0.25, 0.3) is 0 Å². The van der Waals surface area contributed by atoms with Gasteiger partial charge in [0.05, 0.1) is 17.1 Å². The third kappa shape index (κ3) is 3.13. The quantitative estimate of drug-likeness (QED) is 0.855. The van der Waals surface area contributed by atoms with Crippen LogP contribution in [0.4, 0.5) is 0 Å². The second kappa shape index (κ2) is 6.44. The monoisotopic (exact) mass is 326 g/mol. The number of carbonyl (C=O) groups is 1. The molecule has 5 nitrogen and oxygen atoms in total. The summed E-state index contributed by atoms with van der Waals surface area (Å²) < 4.78 is 5.41. The molecule has 7 heteroatoms. The molecule has 4 atom stereocenters. The van der Waals surface area contributed by atoms with Crippen molar-refractivity contribution in [1.82, 2.24) is 10.1 Å². The van der Waals surface area contributed by atoms with Crippen LogP contribution in [-0.4, -0.2) is 38.0 Å². The topological polar surface area (TPSA) is 76.2 Å². The van der Waals surface area contributed by atoms with Crippen molar-refractivity contribution in [3.8, 4) is 0 Å². The van der Waals surface area contributed by atoms with Gasteiger partial charge in [0.25, 0.3) is 0 Å². The van der Waals surface area contributed by atoms with Gasteiger partial charge in [0.2, 0.25) is 5.89 Å². The number of hydrogen-bond donors (Lipinski definition) is 1. The van der Waals surface area contributed by atoms with Gasteiger partial charge >= 0.3 is 5.97 Å². The minimum Gasteiger partial charge on any atom is -0.481 e. The van der Waals surface area contributed by atoms with Gasteiger partial charge in [-0.1, -0.05) is 24.2 Å². The molecule has 21 heavy (non-hydrogen) atoms. The summed E-state index contributed by atoms with van der Waals surface area (Å²) in [5, 5.41) is 14.2. The minimum atomic E-state index is -0.792. The third-order valence-corrected chi connectivity index (χ3v) is 7.05. The van der Waals surface area contributed by atoms with E-state index in [4.69, 9.17) is 4.52 Å². The molecule has 0 radical (unpaired) electrons. The van der Waals surface area contributed by atoms with E-state index in [1.807, 2.05) is 35.7 Å². The standard InChI is InChI=1S/C14H18N2O3S2/c1-8-11(21-7-6-20-8)12-15-13(19-16-12)9-4-2-3-5-10(9)14(17)18/h2-3,8-11H,4-7H2,1H3,(H,17,18). The van der Waals surface area contributed by atoms with Crippen LogP contribution in [0, 0.1) is 5.92 Å². The molecule has 0 spiro atoms. The lowest BCUT2D eigenvalue weighted by molar-refractivity contribution is -0.142. The largest absolute Gasteiger partial charge is 0.481 e. The van der Waals surface area contributed by atoms with E-state index in [2.05, 4.69) is 17.1 Å². The molecule has 1 aliphatic carbocycles. The smallest absolute Gasteiger partial charge is 0.307 e. The summed E-state index contributed by atoms with van der Waals surface area (Å²) in [6.45, 7) is 2.18. The Hall–Kier alpha value is -0.950. The molecule has 0 aromatic carbocycles. The van der Waals surface area contributed by atoms with Gasteiger partial charge in [0, 0.05) is 16.8 Å². The maximum atomic E-state index is 11.4. The molecule has 1 saturated heterocycles. The van der Waals surface area contributed by atoms with Crippen LogP contribution in [-0.2, 0) is 4.79 Å². The Bertz CT molecular complexity index is 546. The molecule has 1 N–H and O–H groups in total. The van der Waals surface area contributed by atoms with Crippen molar-refractivity contribution in [3.05, 3.63) is 23.9 Å². The number of thioether (sulfide) groups is 2. The Morgan fingerprint density at radius 1 is 1.33 bits per heavy atom. The van der Waals surface area contributed by atoms with Crippen molar-refractivity contribution in [3.63, 3.8) is 0 Å². The maximum absolute atomic E-state index is 11.4. The second-order valence-electron chi connectivity index (χ2n) is 5.35. The van der Waals surface area contributed by atoms with Crippen molar-refractivity contribution >= 4 is 29.5 Å². The van der Waals surface area contributed by atoms with Crippen molar-refractivity contribution in [1.29, 1.82) is 0 Å². The zero-order valence-corrected chi connectivity index (χ0v) is 13.4. The first-order chi connectivity index (χ1) is 10.2. The molecule has 1 fully saturated rings. The molecule has 114 valence electrons. The van der Waals surface area contributed by atoms with Gasteiger partial charge in [0.1, 0.15) is 0 Å². The zero-order valence-electron chi connectivity index (χ0n) is 11.8. The van der Waals surface area contributed by atoms with Gasteiger partial charge < -0.3 is 9.63 Å². The molecule has 2 aliphatic rings. The van der Waals surface area contributed by atoms with Crippen molar-refractivity contribution in [2.24, 2.45) is 5.92 Å². The zero-order chi connectivity index (χ0) is 14.8. The Balaban J connectivity index is 1.80. The SMILES string of the molecule is CC1SCCSC1c1noc(C2CC=CCC2C(=O)O)n1. The van der Waals surface area contributed by atoms with E-state index >= 15 is 0 Å². The fourth-order valence-corrected chi connectivity index (χ4v) is 5.47. The van der Waals surface area contributed by atoms with Gasteiger partial charge in [0.15, 0.2) is 5.82 Å². The molecular weight excluding hydrogens is 308 g/mol. The first-order valence-electron chi connectivity index (χ1n) is 7.11. The van der Waals surface area contributed by atoms with Crippen LogP contribution >= 0.6 is 23.5 Å². The van der Waals surface area contributed by atoms with Gasteiger partial charge in [-0.05, 0) is 12.8 Å². The van der Waals surface area contributed by atoms with E-state index in [1.165, 1.54) is 0 Å². The summed E-state index contributed by atoms with van der Waals surface area (Å²) in [7, 11) is 0. The number of hydrogen-bond acceptors (Lipinski definition) is 6. The summed E-state index contributed by atoms with van der Waals surface area (Å²) in [6.07, 6.45) is 5.10. The van der Waals surface area contributed by atoms with E-state index in [0.717, 1.165) is 11.5 Å². The van der Waals surface area contributed by atoms with Gasteiger partial charge in [-0.2, -0.15) is 16.7 Å². The molecule has 4 unspecified atom stereocenters. The Morgan fingerprint density at radius 2 is 2.10 bits per heavy atom. The molecular formula is C14H18N2O3S2. The molecule has 1 aromatic heterocycles. The van der Waals surface area contributed by atoms with Crippen molar-refractivity contribution < 1.29 is 14.4 Å². The summed E-state index contributed by atoms with van der Waals surface area (Å²) in [4.78, 5) is 15.9. The Kier molecular flexibility index (Phi) is 4.59. The molecule has 3 rings (SSSR count). The summed E-state index contributed by atoms with van der Waals surface area (Å²) in [6, 6.07) is 0. The molecule has 0 bridgehead atoms. The molecule has 1 aliphatic heterocycles. The van der Waals surface area contributed by atoms with Crippen LogP contribution in [0.2, 0.25) is 0 Å². The van der Waals surface area contributed by atoms with Crippen LogP contribution in [0.1, 0.15) is 42.6 Å². The summed E-state index contributed by atoms with van der Waals surface area (Å²) in [5.41, 5.74) is 0. The first kappa shape index (κ1) is 15.0.